The lowest BCUT2D eigenvalue weighted by atomic mass is 9.93. The van der Waals surface area contributed by atoms with E-state index in [1.807, 2.05) is 25.1 Å². The lowest BCUT2D eigenvalue weighted by Gasteiger charge is -2.32. The minimum atomic E-state index is -3.69. The molecule has 1 saturated heterocycles. The number of H-pyrrole nitrogens is 2. The number of nitrogens with zero attached hydrogens (tertiary/aromatic N) is 2. The topological polar surface area (TPSA) is 98.9 Å². The van der Waals surface area contributed by atoms with E-state index >= 15 is 0 Å². The normalized spacial score (nSPS) is 17.6. The number of aromatic amines is 2. The highest BCUT2D eigenvalue weighted by Gasteiger charge is 2.32. The van der Waals surface area contributed by atoms with Gasteiger partial charge in [-0.2, -0.15) is 4.31 Å². The summed E-state index contributed by atoms with van der Waals surface area (Å²) in [6.45, 7) is 2.83. The standard InChI is InChI=1S/C24H24N4O3S/c1-16-12-19(17-6-3-2-4-7-17)13-22(25-16)18-8-5-11-28(15-18)32(30,31)20-9-10-21-23(14-20)27-24(29)26-21/h2-4,6-7,9-10,12-14,18H,5,8,11,15H2,1H3,(H2,26,27,29)/t18-/m1/s1. The SMILES string of the molecule is Cc1cc(-c2ccccc2)cc([C@@H]2CCCN(S(=O)(=O)c3ccc4[nH]c(=O)[nH]c4c3)C2)n1. The molecular weight excluding hydrogens is 424 g/mol. The molecule has 2 aromatic carbocycles. The number of sulfonamides is 1. The van der Waals surface area contributed by atoms with Gasteiger partial charge in [-0.25, -0.2) is 13.2 Å². The molecule has 4 aromatic rings. The predicted octanol–water partition coefficient (Wildman–Crippen LogP) is 3.79. The maximum absolute atomic E-state index is 13.4. The third-order valence-corrected chi connectivity index (χ3v) is 7.87. The monoisotopic (exact) mass is 448 g/mol. The Kier molecular flexibility index (Phi) is 5.19. The molecule has 1 fully saturated rings. The van der Waals surface area contributed by atoms with Crippen LogP contribution in [0.15, 0.2) is 70.4 Å². The van der Waals surface area contributed by atoms with Gasteiger partial charge in [0.15, 0.2) is 0 Å². The van der Waals surface area contributed by atoms with E-state index < -0.39 is 10.0 Å². The van der Waals surface area contributed by atoms with Crippen LogP contribution >= 0.6 is 0 Å². The zero-order chi connectivity index (χ0) is 22.3. The fraction of sp³-hybridized carbons (Fsp3) is 0.250. The molecule has 1 atom stereocenters. The van der Waals surface area contributed by atoms with Crippen LogP contribution in [-0.4, -0.2) is 40.8 Å². The van der Waals surface area contributed by atoms with E-state index in [4.69, 9.17) is 4.98 Å². The average molecular weight is 449 g/mol. The first-order valence-corrected chi connectivity index (χ1v) is 12.1. The van der Waals surface area contributed by atoms with Crippen LogP contribution in [0.2, 0.25) is 0 Å². The summed E-state index contributed by atoms with van der Waals surface area (Å²) >= 11 is 0. The minimum Gasteiger partial charge on any atom is -0.306 e. The fourth-order valence-corrected chi connectivity index (χ4v) is 5.97. The van der Waals surface area contributed by atoms with E-state index in [9.17, 15) is 13.2 Å². The average Bonchev–Trinajstić information content (AvgIpc) is 3.18. The lowest BCUT2D eigenvalue weighted by molar-refractivity contribution is 0.312. The Balaban J connectivity index is 1.45. The van der Waals surface area contributed by atoms with Crippen molar-refractivity contribution in [3.05, 3.63) is 82.5 Å². The van der Waals surface area contributed by atoms with Gasteiger partial charge >= 0.3 is 5.69 Å². The van der Waals surface area contributed by atoms with Gasteiger partial charge in [-0.15, -0.1) is 0 Å². The Labute approximate surface area is 186 Å². The number of pyridine rings is 1. The van der Waals surface area contributed by atoms with Gasteiger partial charge in [-0.1, -0.05) is 30.3 Å². The number of nitrogens with one attached hydrogen (secondary N) is 2. The number of aryl methyl sites for hydroxylation is 1. The number of benzene rings is 2. The molecule has 164 valence electrons. The fourth-order valence-electron chi connectivity index (χ4n) is 4.42. The van der Waals surface area contributed by atoms with Gasteiger partial charge in [0, 0.05) is 30.4 Å². The Morgan fingerprint density at radius 1 is 0.969 bits per heavy atom. The zero-order valence-corrected chi connectivity index (χ0v) is 18.5. The van der Waals surface area contributed by atoms with Gasteiger partial charge in [0.2, 0.25) is 10.0 Å². The van der Waals surface area contributed by atoms with E-state index in [1.165, 1.54) is 6.07 Å². The predicted molar refractivity (Wildman–Crippen MR) is 124 cm³/mol. The minimum absolute atomic E-state index is 0.0247. The highest BCUT2D eigenvalue weighted by atomic mass is 32.2. The van der Waals surface area contributed by atoms with E-state index in [2.05, 4.69) is 34.2 Å². The van der Waals surface area contributed by atoms with Crippen molar-refractivity contribution in [1.82, 2.24) is 19.3 Å². The van der Waals surface area contributed by atoms with Crippen molar-refractivity contribution < 1.29 is 8.42 Å². The van der Waals surface area contributed by atoms with E-state index in [0.717, 1.165) is 35.4 Å². The first kappa shape index (κ1) is 20.7. The molecule has 8 heteroatoms. The van der Waals surface area contributed by atoms with Crippen LogP contribution < -0.4 is 5.69 Å². The summed E-state index contributed by atoms with van der Waals surface area (Å²) in [5.74, 6) is 0.0247. The summed E-state index contributed by atoms with van der Waals surface area (Å²) in [7, 11) is -3.69. The first-order valence-electron chi connectivity index (χ1n) is 10.7. The van der Waals surface area contributed by atoms with Crippen molar-refractivity contribution in [2.75, 3.05) is 13.1 Å². The quantitative estimate of drug-likeness (QED) is 0.496. The van der Waals surface area contributed by atoms with Gasteiger partial charge in [-0.05, 0) is 61.2 Å². The van der Waals surface area contributed by atoms with Crippen molar-refractivity contribution in [3.63, 3.8) is 0 Å². The van der Waals surface area contributed by atoms with Crippen LogP contribution in [0.3, 0.4) is 0 Å². The van der Waals surface area contributed by atoms with Crippen LogP contribution in [0.5, 0.6) is 0 Å². The molecule has 0 aliphatic carbocycles. The molecule has 1 aliphatic heterocycles. The number of aromatic nitrogens is 3. The molecule has 0 spiro atoms. The van der Waals surface area contributed by atoms with Crippen LogP contribution in [0.25, 0.3) is 22.2 Å². The highest BCUT2D eigenvalue weighted by Crippen LogP contribution is 2.32. The molecule has 0 radical (unpaired) electrons. The molecule has 3 heterocycles. The highest BCUT2D eigenvalue weighted by molar-refractivity contribution is 7.89. The van der Waals surface area contributed by atoms with Gasteiger partial charge < -0.3 is 9.97 Å². The summed E-state index contributed by atoms with van der Waals surface area (Å²) in [6, 6.07) is 19.0. The zero-order valence-electron chi connectivity index (χ0n) is 17.7. The van der Waals surface area contributed by atoms with Crippen LogP contribution in [0, 0.1) is 6.92 Å². The second-order valence-corrected chi connectivity index (χ2v) is 10.2. The van der Waals surface area contributed by atoms with Crippen LogP contribution in [-0.2, 0) is 10.0 Å². The number of imidazole rings is 1. The van der Waals surface area contributed by atoms with E-state index in [0.29, 0.717) is 24.1 Å². The Bertz CT molecular complexity index is 1440. The van der Waals surface area contributed by atoms with Crippen LogP contribution in [0.1, 0.15) is 30.1 Å². The van der Waals surface area contributed by atoms with Gasteiger partial charge in [0.25, 0.3) is 0 Å². The largest absolute Gasteiger partial charge is 0.323 e. The molecule has 0 bridgehead atoms. The molecule has 0 amide bonds. The smallest absolute Gasteiger partial charge is 0.306 e. The third-order valence-electron chi connectivity index (χ3n) is 6.01. The number of rotatable bonds is 4. The second-order valence-electron chi connectivity index (χ2n) is 8.28. The molecule has 0 saturated carbocycles. The Hall–Kier alpha value is -3.23. The van der Waals surface area contributed by atoms with Gasteiger partial charge in [0.1, 0.15) is 0 Å². The first-order chi connectivity index (χ1) is 15.4. The van der Waals surface area contributed by atoms with Crippen molar-refractivity contribution >= 4 is 21.1 Å². The second kappa shape index (κ2) is 8.03. The molecule has 2 N–H and O–H groups in total. The van der Waals surface area contributed by atoms with Crippen LogP contribution in [0.4, 0.5) is 0 Å². The Morgan fingerprint density at radius 2 is 1.75 bits per heavy atom. The molecular formula is C24H24N4O3S. The number of hydrogen-bond acceptors (Lipinski definition) is 4. The summed E-state index contributed by atoms with van der Waals surface area (Å²) in [5.41, 5.74) is 4.77. The number of piperidine rings is 1. The Morgan fingerprint density at radius 3 is 2.56 bits per heavy atom. The summed E-state index contributed by atoms with van der Waals surface area (Å²) < 4.78 is 28.3. The van der Waals surface area contributed by atoms with Crippen molar-refractivity contribution in [1.29, 1.82) is 0 Å². The van der Waals surface area contributed by atoms with E-state index in [1.54, 1.807) is 16.4 Å². The molecule has 32 heavy (non-hydrogen) atoms. The van der Waals surface area contributed by atoms with Crippen molar-refractivity contribution in [3.8, 4) is 11.1 Å². The van der Waals surface area contributed by atoms with E-state index in [-0.39, 0.29) is 16.5 Å². The maximum atomic E-state index is 13.4. The van der Waals surface area contributed by atoms with Gasteiger partial charge in [0.05, 0.1) is 15.9 Å². The maximum Gasteiger partial charge on any atom is 0.323 e. The van der Waals surface area contributed by atoms with Crippen molar-refractivity contribution in [2.24, 2.45) is 0 Å². The third kappa shape index (κ3) is 3.87. The number of hydrogen-bond donors (Lipinski definition) is 2. The molecule has 7 nitrogen and oxygen atoms in total. The number of fused-ring (bicyclic) bond motifs is 1. The molecule has 5 rings (SSSR count). The van der Waals surface area contributed by atoms with Crippen molar-refractivity contribution in [2.45, 2.75) is 30.6 Å². The lowest BCUT2D eigenvalue weighted by Crippen LogP contribution is -2.39. The van der Waals surface area contributed by atoms with Gasteiger partial charge in [-0.3, -0.25) is 4.98 Å². The molecule has 2 aromatic heterocycles. The summed E-state index contributed by atoms with van der Waals surface area (Å²) in [6.07, 6.45) is 1.66. The molecule has 0 unspecified atom stereocenters. The summed E-state index contributed by atoms with van der Waals surface area (Å²) in [4.78, 5) is 21.7. The molecule has 1 aliphatic rings. The summed E-state index contributed by atoms with van der Waals surface area (Å²) in [5, 5.41) is 0.